The number of ether oxygens (including phenoxy) is 1. The van der Waals surface area contributed by atoms with Gasteiger partial charge in [0.25, 0.3) is 5.91 Å². The summed E-state index contributed by atoms with van der Waals surface area (Å²) >= 11 is 0. The molecule has 2 aromatic heterocycles. The van der Waals surface area contributed by atoms with Crippen molar-refractivity contribution in [2.75, 3.05) is 11.9 Å². The van der Waals surface area contributed by atoms with Gasteiger partial charge in [0, 0.05) is 12.6 Å². The fraction of sp³-hybridized carbons (Fsp3) is 0.429. The van der Waals surface area contributed by atoms with Crippen LogP contribution in [0.5, 0.6) is 0 Å². The van der Waals surface area contributed by atoms with Crippen molar-refractivity contribution in [1.29, 1.82) is 0 Å². The van der Waals surface area contributed by atoms with Gasteiger partial charge >= 0.3 is 0 Å². The summed E-state index contributed by atoms with van der Waals surface area (Å²) in [5.74, 6) is 0.0770. The topological polar surface area (TPSA) is 134 Å². The molecule has 4 rings (SSSR count). The van der Waals surface area contributed by atoms with Crippen LogP contribution in [0.3, 0.4) is 0 Å². The van der Waals surface area contributed by atoms with Gasteiger partial charge in [-0.3, -0.25) is 9.36 Å². The van der Waals surface area contributed by atoms with E-state index in [2.05, 4.69) is 44.6 Å². The highest BCUT2D eigenvalue weighted by molar-refractivity contribution is 5.83. The largest absolute Gasteiger partial charge is 0.387 e. The maximum atomic E-state index is 12.1. The number of hydrogen-bond donors (Lipinski definition) is 4. The highest BCUT2D eigenvalue weighted by atomic mass is 16.6. The van der Waals surface area contributed by atoms with Crippen LogP contribution in [0.2, 0.25) is 0 Å². The lowest BCUT2D eigenvalue weighted by molar-refractivity contribution is -0.137. The smallest absolute Gasteiger partial charge is 0.252 e. The maximum absolute atomic E-state index is 12.1. The molecule has 3 aromatic rings. The summed E-state index contributed by atoms with van der Waals surface area (Å²) in [5.41, 5.74) is 2.14. The van der Waals surface area contributed by atoms with E-state index in [9.17, 15) is 15.0 Å². The molecule has 0 spiro atoms. The number of carbonyl (C=O) groups is 1. The molecular formula is C21H26N6O4. The van der Waals surface area contributed by atoms with Crippen molar-refractivity contribution in [3.63, 3.8) is 0 Å². The van der Waals surface area contributed by atoms with Crippen LogP contribution in [0.1, 0.15) is 25.6 Å². The first kappa shape index (κ1) is 21.2. The Morgan fingerprint density at radius 1 is 1.19 bits per heavy atom. The van der Waals surface area contributed by atoms with Gasteiger partial charge in [0.15, 0.2) is 29.3 Å². The number of nitrogens with zero attached hydrogens (tertiary/aromatic N) is 4. The van der Waals surface area contributed by atoms with Crippen molar-refractivity contribution in [1.82, 2.24) is 24.8 Å². The predicted octanol–water partition coefficient (Wildman–Crippen LogP) is 0.625. The molecule has 0 aliphatic carbocycles. The van der Waals surface area contributed by atoms with Crippen LogP contribution in [-0.2, 0) is 16.0 Å². The number of imidazole rings is 1. The zero-order valence-corrected chi connectivity index (χ0v) is 17.3. The van der Waals surface area contributed by atoms with Crippen molar-refractivity contribution in [3.05, 3.63) is 48.5 Å². The van der Waals surface area contributed by atoms with Crippen LogP contribution in [-0.4, -0.2) is 66.5 Å². The molecule has 31 heavy (non-hydrogen) atoms. The molecule has 1 aliphatic heterocycles. The summed E-state index contributed by atoms with van der Waals surface area (Å²) in [6.07, 6.45) is -1.19. The van der Waals surface area contributed by atoms with Gasteiger partial charge in [0.05, 0.1) is 6.33 Å². The third kappa shape index (κ3) is 4.22. The lowest BCUT2D eigenvalue weighted by Crippen LogP contribution is -2.42. The minimum Gasteiger partial charge on any atom is -0.387 e. The molecule has 0 saturated carbocycles. The van der Waals surface area contributed by atoms with E-state index in [1.54, 1.807) is 6.92 Å². The number of anilines is 1. The lowest BCUT2D eigenvalue weighted by Gasteiger charge is -2.17. The van der Waals surface area contributed by atoms with Crippen LogP contribution in [0.25, 0.3) is 11.2 Å². The second-order valence-electron chi connectivity index (χ2n) is 7.60. The number of hydrogen-bond acceptors (Lipinski definition) is 8. The Labute approximate surface area is 179 Å². The maximum Gasteiger partial charge on any atom is 0.252 e. The van der Waals surface area contributed by atoms with Gasteiger partial charge in [-0.15, -0.1) is 0 Å². The van der Waals surface area contributed by atoms with Crippen LogP contribution >= 0.6 is 0 Å². The normalized spacial score (nSPS) is 24.3. The molecule has 1 aliphatic rings. The Hall–Kier alpha value is -3.08. The van der Waals surface area contributed by atoms with Gasteiger partial charge in [-0.05, 0) is 25.8 Å². The first-order chi connectivity index (χ1) is 15.0. The summed E-state index contributed by atoms with van der Waals surface area (Å²) in [6.45, 7) is 4.21. The molecule has 1 saturated heterocycles. The van der Waals surface area contributed by atoms with Gasteiger partial charge in [0.2, 0.25) is 0 Å². The number of benzene rings is 1. The van der Waals surface area contributed by atoms with Gasteiger partial charge in [-0.25, -0.2) is 15.0 Å². The first-order valence-electron chi connectivity index (χ1n) is 10.3. The van der Waals surface area contributed by atoms with E-state index in [0.717, 1.165) is 6.42 Å². The Morgan fingerprint density at radius 2 is 1.97 bits per heavy atom. The molecule has 0 unspecified atom stereocenters. The molecule has 0 radical (unpaired) electrons. The van der Waals surface area contributed by atoms with Crippen LogP contribution in [0, 0.1) is 0 Å². The molecule has 10 heteroatoms. The second kappa shape index (κ2) is 8.96. The van der Waals surface area contributed by atoms with Crippen molar-refractivity contribution in [2.24, 2.45) is 0 Å². The Morgan fingerprint density at radius 3 is 2.71 bits per heavy atom. The number of carbonyl (C=O) groups excluding carboxylic acids is 1. The number of amides is 1. The number of likely N-dealkylation sites (N-methyl/N-ethyl adjacent to an activating group) is 1. The quantitative estimate of drug-likeness (QED) is 0.432. The molecule has 1 aromatic carbocycles. The van der Waals surface area contributed by atoms with Crippen molar-refractivity contribution in [3.8, 4) is 0 Å². The summed E-state index contributed by atoms with van der Waals surface area (Å²) in [4.78, 5) is 25.1. The van der Waals surface area contributed by atoms with Crippen molar-refractivity contribution >= 4 is 22.9 Å². The average molecular weight is 426 g/mol. The summed E-state index contributed by atoms with van der Waals surface area (Å²) in [6, 6.07) is 10.2. The highest BCUT2D eigenvalue weighted by Crippen LogP contribution is 2.32. The lowest BCUT2D eigenvalue weighted by atomic mass is 10.1. The van der Waals surface area contributed by atoms with E-state index in [1.807, 2.05) is 18.2 Å². The number of aliphatic hydroxyl groups excluding tert-OH is 2. The zero-order chi connectivity index (χ0) is 22.0. The van der Waals surface area contributed by atoms with Crippen LogP contribution in [0.15, 0.2) is 43.0 Å². The SMILES string of the molecule is CCNC(=O)[C@H]1O[C@@H](n2cnc3c(N[C@@H](C)Cc4ccccc4)ncnc32)[C@H](O)[C@@H]1O. The molecule has 1 amide bonds. The molecule has 4 N–H and O–H groups in total. The average Bonchev–Trinajstić information content (AvgIpc) is 3.31. The van der Waals surface area contributed by atoms with Gasteiger partial charge < -0.3 is 25.6 Å². The highest BCUT2D eigenvalue weighted by Gasteiger charge is 2.47. The molecule has 164 valence electrons. The van der Waals surface area contributed by atoms with E-state index in [0.29, 0.717) is 23.5 Å². The Balaban J connectivity index is 1.55. The predicted molar refractivity (Wildman–Crippen MR) is 113 cm³/mol. The van der Waals surface area contributed by atoms with Gasteiger partial charge in [0.1, 0.15) is 18.5 Å². The zero-order valence-electron chi connectivity index (χ0n) is 17.3. The number of fused-ring (bicyclic) bond motifs is 1. The summed E-state index contributed by atoms with van der Waals surface area (Å²) in [7, 11) is 0. The summed E-state index contributed by atoms with van der Waals surface area (Å²) in [5, 5.41) is 26.7. The Kier molecular flexibility index (Phi) is 6.12. The monoisotopic (exact) mass is 426 g/mol. The van der Waals surface area contributed by atoms with Gasteiger partial charge in [-0.1, -0.05) is 30.3 Å². The number of nitrogens with one attached hydrogen (secondary N) is 2. The molecule has 5 atom stereocenters. The second-order valence-corrected chi connectivity index (χ2v) is 7.60. The minimum atomic E-state index is -1.36. The number of aromatic nitrogens is 4. The van der Waals surface area contributed by atoms with E-state index in [-0.39, 0.29) is 6.04 Å². The fourth-order valence-electron chi connectivity index (χ4n) is 3.78. The third-order valence-electron chi connectivity index (χ3n) is 5.25. The van der Waals surface area contributed by atoms with Crippen molar-refractivity contribution < 1.29 is 19.7 Å². The molecule has 0 bridgehead atoms. The third-order valence-corrected chi connectivity index (χ3v) is 5.25. The van der Waals surface area contributed by atoms with E-state index in [1.165, 1.54) is 22.8 Å². The molecule has 3 heterocycles. The van der Waals surface area contributed by atoms with E-state index >= 15 is 0 Å². The Bertz CT molecular complexity index is 1040. The van der Waals surface area contributed by atoms with Gasteiger partial charge in [-0.2, -0.15) is 0 Å². The fourth-order valence-corrected chi connectivity index (χ4v) is 3.78. The van der Waals surface area contributed by atoms with E-state index < -0.39 is 30.4 Å². The number of rotatable bonds is 7. The molecular weight excluding hydrogens is 400 g/mol. The van der Waals surface area contributed by atoms with E-state index in [4.69, 9.17) is 4.74 Å². The van der Waals surface area contributed by atoms with Crippen LogP contribution < -0.4 is 10.6 Å². The van der Waals surface area contributed by atoms with Crippen LogP contribution in [0.4, 0.5) is 5.82 Å². The number of aliphatic hydroxyl groups is 2. The summed E-state index contributed by atoms with van der Waals surface area (Å²) < 4.78 is 7.19. The minimum absolute atomic E-state index is 0.0860. The molecule has 1 fully saturated rings. The molecule has 10 nitrogen and oxygen atoms in total. The first-order valence-corrected chi connectivity index (χ1v) is 10.3. The van der Waals surface area contributed by atoms with Crippen molar-refractivity contribution in [2.45, 2.75) is 50.8 Å². The standard InChI is InChI=1S/C21H26N6O4/c1-3-22-20(30)17-15(28)16(29)21(31-17)27-11-25-14-18(23-10-24-19(14)27)26-12(2)9-13-7-5-4-6-8-13/h4-8,10-12,15-17,21,28-29H,3,9H2,1-2H3,(H,22,30)(H,23,24,26)/t12-,15-,16+,17-,21+/m0/s1.